The second-order valence-corrected chi connectivity index (χ2v) is 4.90. The average Bonchev–Trinajstić information content (AvgIpc) is 2.75. The third-order valence-corrected chi connectivity index (χ3v) is 3.32. The van der Waals surface area contributed by atoms with Crippen LogP contribution < -0.4 is 5.32 Å². The molecule has 1 aromatic heterocycles. The zero-order valence-corrected chi connectivity index (χ0v) is 11.6. The standard InChI is InChI=1S/C15H23N3/c1-4-16-11-12(3)10-14-13-8-6-7-9-15(13)18(5-2)17-14/h6-9,12,16H,4-5,10-11H2,1-3H3. The maximum absolute atomic E-state index is 4.74. The Bertz CT molecular complexity index is 501. The number of rotatable bonds is 6. The SMILES string of the molecule is CCNCC(C)Cc1nn(CC)c2ccccc12. The summed E-state index contributed by atoms with van der Waals surface area (Å²) < 4.78 is 2.10. The van der Waals surface area contributed by atoms with E-state index in [1.807, 2.05) is 0 Å². The van der Waals surface area contributed by atoms with Crippen molar-refractivity contribution in [3.63, 3.8) is 0 Å². The molecule has 3 heteroatoms. The summed E-state index contributed by atoms with van der Waals surface area (Å²) in [5, 5.41) is 9.46. The first-order valence-corrected chi connectivity index (χ1v) is 6.91. The lowest BCUT2D eigenvalue weighted by Gasteiger charge is -2.09. The van der Waals surface area contributed by atoms with E-state index >= 15 is 0 Å². The molecule has 0 aliphatic rings. The normalized spacial score (nSPS) is 13.1. The zero-order chi connectivity index (χ0) is 13.0. The lowest BCUT2D eigenvalue weighted by molar-refractivity contribution is 0.512. The van der Waals surface area contributed by atoms with Gasteiger partial charge in [0.05, 0.1) is 11.2 Å². The summed E-state index contributed by atoms with van der Waals surface area (Å²) in [6.45, 7) is 9.60. The highest BCUT2D eigenvalue weighted by Crippen LogP contribution is 2.20. The fourth-order valence-electron chi connectivity index (χ4n) is 2.38. The van der Waals surface area contributed by atoms with E-state index in [0.717, 1.165) is 26.1 Å². The van der Waals surface area contributed by atoms with Crippen LogP contribution in [0.3, 0.4) is 0 Å². The Morgan fingerprint density at radius 3 is 2.78 bits per heavy atom. The lowest BCUT2D eigenvalue weighted by Crippen LogP contribution is -2.22. The van der Waals surface area contributed by atoms with Gasteiger partial charge >= 0.3 is 0 Å². The van der Waals surface area contributed by atoms with Crippen LogP contribution in [0.4, 0.5) is 0 Å². The van der Waals surface area contributed by atoms with Crippen LogP contribution in [-0.4, -0.2) is 22.9 Å². The summed E-state index contributed by atoms with van der Waals surface area (Å²) >= 11 is 0. The van der Waals surface area contributed by atoms with Gasteiger partial charge in [0, 0.05) is 11.9 Å². The number of nitrogens with one attached hydrogen (secondary N) is 1. The number of hydrogen-bond donors (Lipinski definition) is 1. The molecule has 0 bridgehead atoms. The van der Waals surface area contributed by atoms with Crippen molar-refractivity contribution in [2.24, 2.45) is 5.92 Å². The van der Waals surface area contributed by atoms with E-state index in [-0.39, 0.29) is 0 Å². The van der Waals surface area contributed by atoms with Gasteiger partial charge in [-0.3, -0.25) is 4.68 Å². The maximum atomic E-state index is 4.74. The first-order chi connectivity index (χ1) is 8.76. The minimum Gasteiger partial charge on any atom is -0.317 e. The fraction of sp³-hybridized carbons (Fsp3) is 0.533. The topological polar surface area (TPSA) is 29.9 Å². The Morgan fingerprint density at radius 1 is 1.28 bits per heavy atom. The van der Waals surface area contributed by atoms with Gasteiger partial charge in [0.1, 0.15) is 0 Å². The molecule has 1 heterocycles. The highest BCUT2D eigenvalue weighted by atomic mass is 15.3. The molecular weight excluding hydrogens is 222 g/mol. The van der Waals surface area contributed by atoms with Crippen molar-refractivity contribution in [2.45, 2.75) is 33.7 Å². The minimum atomic E-state index is 0.619. The van der Waals surface area contributed by atoms with E-state index in [9.17, 15) is 0 Å². The smallest absolute Gasteiger partial charge is 0.0706 e. The highest BCUT2D eigenvalue weighted by Gasteiger charge is 2.12. The van der Waals surface area contributed by atoms with Crippen LogP contribution in [0.2, 0.25) is 0 Å². The first-order valence-electron chi connectivity index (χ1n) is 6.91. The third-order valence-electron chi connectivity index (χ3n) is 3.32. The van der Waals surface area contributed by atoms with Crippen molar-refractivity contribution in [3.05, 3.63) is 30.0 Å². The van der Waals surface area contributed by atoms with Crippen LogP contribution in [0.1, 0.15) is 26.5 Å². The van der Waals surface area contributed by atoms with Crippen molar-refractivity contribution in [1.82, 2.24) is 15.1 Å². The molecule has 1 unspecified atom stereocenters. The fourth-order valence-corrected chi connectivity index (χ4v) is 2.38. The van der Waals surface area contributed by atoms with E-state index < -0.39 is 0 Å². The van der Waals surface area contributed by atoms with Crippen LogP contribution >= 0.6 is 0 Å². The summed E-state index contributed by atoms with van der Waals surface area (Å²) in [5.74, 6) is 0.619. The van der Waals surface area contributed by atoms with E-state index in [2.05, 4.69) is 55.0 Å². The monoisotopic (exact) mass is 245 g/mol. The highest BCUT2D eigenvalue weighted by molar-refractivity contribution is 5.81. The second kappa shape index (κ2) is 6.01. The molecule has 0 fully saturated rings. The molecule has 0 aliphatic heterocycles. The molecule has 2 aromatic rings. The molecule has 0 amide bonds. The zero-order valence-electron chi connectivity index (χ0n) is 11.6. The van der Waals surface area contributed by atoms with Gasteiger partial charge in [-0.2, -0.15) is 5.10 Å². The number of hydrogen-bond acceptors (Lipinski definition) is 2. The van der Waals surface area contributed by atoms with E-state index in [4.69, 9.17) is 5.10 Å². The maximum Gasteiger partial charge on any atom is 0.0706 e. The minimum absolute atomic E-state index is 0.619. The Balaban J connectivity index is 2.22. The van der Waals surface area contributed by atoms with Gasteiger partial charge in [-0.05, 0) is 38.4 Å². The quantitative estimate of drug-likeness (QED) is 0.848. The van der Waals surface area contributed by atoms with E-state index in [1.165, 1.54) is 16.6 Å². The number of para-hydroxylation sites is 1. The van der Waals surface area contributed by atoms with Gasteiger partial charge in [-0.1, -0.05) is 32.0 Å². The molecule has 0 spiro atoms. The largest absolute Gasteiger partial charge is 0.317 e. The van der Waals surface area contributed by atoms with Crippen LogP contribution in [0.5, 0.6) is 0 Å². The Kier molecular flexibility index (Phi) is 4.37. The van der Waals surface area contributed by atoms with Crippen LogP contribution in [0.15, 0.2) is 24.3 Å². The third kappa shape index (κ3) is 2.72. The lowest BCUT2D eigenvalue weighted by atomic mass is 10.0. The van der Waals surface area contributed by atoms with Crippen LogP contribution in [0.25, 0.3) is 10.9 Å². The van der Waals surface area contributed by atoms with Crippen LogP contribution in [0, 0.1) is 5.92 Å². The molecule has 1 atom stereocenters. The molecule has 3 nitrogen and oxygen atoms in total. The number of fused-ring (bicyclic) bond motifs is 1. The molecule has 18 heavy (non-hydrogen) atoms. The van der Waals surface area contributed by atoms with Gasteiger partial charge in [-0.15, -0.1) is 0 Å². The van der Waals surface area contributed by atoms with Crippen molar-refractivity contribution in [2.75, 3.05) is 13.1 Å². The number of benzene rings is 1. The van der Waals surface area contributed by atoms with Crippen molar-refractivity contribution in [3.8, 4) is 0 Å². The molecule has 0 saturated heterocycles. The van der Waals surface area contributed by atoms with Crippen molar-refractivity contribution < 1.29 is 0 Å². The van der Waals surface area contributed by atoms with Crippen LogP contribution in [-0.2, 0) is 13.0 Å². The number of aromatic nitrogens is 2. The summed E-state index contributed by atoms with van der Waals surface area (Å²) in [5.41, 5.74) is 2.49. The summed E-state index contributed by atoms with van der Waals surface area (Å²) in [7, 11) is 0. The van der Waals surface area contributed by atoms with E-state index in [1.54, 1.807) is 0 Å². The first kappa shape index (κ1) is 13.1. The Morgan fingerprint density at radius 2 is 2.06 bits per heavy atom. The molecule has 1 N–H and O–H groups in total. The molecule has 0 radical (unpaired) electrons. The van der Waals surface area contributed by atoms with Gasteiger partial charge < -0.3 is 5.32 Å². The van der Waals surface area contributed by atoms with Crippen molar-refractivity contribution >= 4 is 10.9 Å². The Labute approximate surface area is 109 Å². The molecule has 1 aromatic carbocycles. The van der Waals surface area contributed by atoms with Gasteiger partial charge in [0.2, 0.25) is 0 Å². The van der Waals surface area contributed by atoms with Crippen molar-refractivity contribution in [1.29, 1.82) is 0 Å². The van der Waals surface area contributed by atoms with Gasteiger partial charge in [0.25, 0.3) is 0 Å². The van der Waals surface area contributed by atoms with E-state index in [0.29, 0.717) is 5.92 Å². The molecule has 0 saturated carbocycles. The molecule has 0 aliphatic carbocycles. The summed E-state index contributed by atoms with van der Waals surface area (Å²) in [6, 6.07) is 8.53. The number of aryl methyl sites for hydroxylation is 1. The summed E-state index contributed by atoms with van der Waals surface area (Å²) in [6.07, 6.45) is 1.04. The average molecular weight is 245 g/mol. The second-order valence-electron chi connectivity index (χ2n) is 4.90. The predicted molar refractivity (Wildman–Crippen MR) is 76.8 cm³/mol. The summed E-state index contributed by atoms with van der Waals surface area (Å²) in [4.78, 5) is 0. The van der Waals surface area contributed by atoms with Gasteiger partial charge in [-0.25, -0.2) is 0 Å². The molecule has 98 valence electrons. The molecular formula is C15H23N3. The Hall–Kier alpha value is -1.35. The predicted octanol–water partition coefficient (Wildman–Crippen LogP) is 2.84. The number of nitrogens with zero attached hydrogens (tertiary/aromatic N) is 2. The van der Waals surface area contributed by atoms with Gasteiger partial charge in [0.15, 0.2) is 0 Å². The molecule has 2 rings (SSSR count).